The van der Waals surface area contributed by atoms with E-state index < -0.39 is 0 Å². The third-order valence-electron chi connectivity index (χ3n) is 3.43. The monoisotopic (exact) mass is 272 g/mol. The number of hydrogen-bond donors (Lipinski definition) is 0. The van der Waals surface area contributed by atoms with Gasteiger partial charge in [0.1, 0.15) is 16.6 Å². The van der Waals surface area contributed by atoms with E-state index in [0.717, 1.165) is 47.4 Å². The minimum Gasteiger partial charge on any atom is -0.298 e. The van der Waals surface area contributed by atoms with Crippen molar-refractivity contribution in [1.82, 2.24) is 9.97 Å². The second-order valence-electron chi connectivity index (χ2n) is 4.91. The van der Waals surface area contributed by atoms with E-state index >= 15 is 0 Å². The van der Waals surface area contributed by atoms with E-state index in [0.29, 0.717) is 5.78 Å². The highest BCUT2D eigenvalue weighted by Crippen LogP contribution is 2.34. The molecule has 0 saturated heterocycles. The highest BCUT2D eigenvalue weighted by atomic mass is 32.2. The Bertz CT molecular complexity index is 627. The molecule has 4 heteroatoms. The fourth-order valence-corrected chi connectivity index (χ4v) is 3.75. The van der Waals surface area contributed by atoms with Gasteiger partial charge in [0.2, 0.25) is 0 Å². The van der Waals surface area contributed by atoms with Crippen LogP contribution in [0.2, 0.25) is 0 Å². The smallest absolute Gasteiger partial charge is 0.146 e. The second-order valence-corrected chi connectivity index (χ2v) is 6.10. The summed E-state index contributed by atoms with van der Waals surface area (Å²) in [6, 6.07) is 8.00. The molecule has 3 nitrogen and oxygen atoms in total. The zero-order chi connectivity index (χ0) is 13.2. The molecule has 1 fully saturated rings. The van der Waals surface area contributed by atoms with Crippen LogP contribution in [0.5, 0.6) is 0 Å². The SMILES string of the molecule is Cc1nc(SC2CCCCC2=O)c2ccccc2n1. The van der Waals surface area contributed by atoms with Crippen LogP contribution in [0.4, 0.5) is 0 Å². The number of thioether (sulfide) groups is 1. The van der Waals surface area contributed by atoms with Crippen molar-refractivity contribution in [2.45, 2.75) is 42.9 Å². The summed E-state index contributed by atoms with van der Waals surface area (Å²) in [5, 5.41) is 2.08. The highest BCUT2D eigenvalue weighted by Gasteiger charge is 2.24. The molecule has 1 aliphatic rings. The molecule has 0 aliphatic heterocycles. The predicted octanol–water partition coefficient (Wildman–Crippen LogP) is 3.54. The number of carbonyl (C=O) groups excluding carboxylic acids is 1. The van der Waals surface area contributed by atoms with E-state index in [9.17, 15) is 4.79 Å². The molecular weight excluding hydrogens is 256 g/mol. The van der Waals surface area contributed by atoms with E-state index in [-0.39, 0.29) is 5.25 Å². The Morgan fingerprint density at radius 3 is 2.89 bits per heavy atom. The Hall–Kier alpha value is -1.42. The number of benzene rings is 1. The van der Waals surface area contributed by atoms with Gasteiger partial charge in [-0.2, -0.15) is 0 Å². The van der Waals surface area contributed by atoms with E-state index in [1.54, 1.807) is 11.8 Å². The van der Waals surface area contributed by atoms with E-state index in [1.165, 1.54) is 0 Å². The molecule has 1 saturated carbocycles. The van der Waals surface area contributed by atoms with Crippen molar-refractivity contribution in [2.75, 3.05) is 0 Å². The van der Waals surface area contributed by atoms with Crippen LogP contribution in [0.3, 0.4) is 0 Å². The quantitative estimate of drug-likeness (QED) is 0.784. The lowest BCUT2D eigenvalue weighted by Crippen LogP contribution is -2.21. The average molecular weight is 272 g/mol. The number of aryl methyl sites for hydroxylation is 1. The zero-order valence-corrected chi connectivity index (χ0v) is 11.7. The fraction of sp³-hybridized carbons (Fsp3) is 0.400. The van der Waals surface area contributed by atoms with Crippen LogP contribution >= 0.6 is 11.8 Å². The minimum atomic E-state index is 0.0754. The summed E-state index contributed by atoms with van der Waals surface area (Å²) < 4.78 is 0. The molecule has 0 spiro atoms. The van der Waals surface area contributed by atoms with E-state index in [1.807, 2.05) is 31.2 Å². The second kappa shape index (κ2) is 5.29. The number of aromatic nitrogens is 2. The summed E-state index contributed by atoms with van der Waals surface area (Å²) in [6.07, 6.45) is 3.88. The molecule has 2 aromatic rings. The van der Waals surface area contributed by atoms with Gasteiger partial charge in [-0.3, -0.25) is 4.79 Å². The van der Waals surface area contributed by atoms with Gasteiger partial charge in [0, 0.05) is 11.8 Å². The number of rotatable bonds is 2. The lowest BCUT2D eigenvalue weighted by Gasteiger charge is -2.20. The molecule has 0 bridgehead atoms. The van der Waals surface area contributed by atoms with Crippen LogP contribution in [0.1, 0.15) is 31.5 Å². The van der Waals surface area contributed by atoms with Gasteiger partial charge < -0.3 is 0 Å². The van der Waals surface area contributed by atoms with Crippen molar-refractivity contribution in [1.29, 1.82) is 0 Å². The molecule has 3 rings (SSSR count). The van der Waals surface area contributed by atoms with E-state index in [4.69, 9.17) is 0 Å². The maximum absolute atomic E-state index is 12.0. The summed E-state index contributed by atoms with van der Waals surface area (Å²) in [6.45, 7) is 1.90. The number of Topliss-reactive ketones (excluding diaryl/α,β-unsaturated/α-hetero) is 1. The molecule has 0 N–H and O–H groups in total. The third-order valence-corrected chi connectivity index (χ3v) is 4.75. The molecule has 0 radical (unpaired) electrons. The fourth-order valence-electron chi connectivity index (χ4n) is 2.46. The summed E-state index contributed by atoms with van der Waals surface area (Å²) in [5.41, 5.74) is 0.959. The summed E-state index contributed by atoms with van der Waals surface area (Å²) in [7, 11) is 0. The number of nitrogens with zero attached hydrogens (tertiary/aromatic N) is 2. The molecule has 19 heavy (non-hydrogen) atoms. The normalized spacial score (nSPS) is 19.8. The molecular formula is C15H16N2OS. The summed E-state index contributed by atoms with van der Waals surface area (Å²) in [5.74, 6) is 1.14. The standard InChI is InChI=1S/C15H16N2OS/c1-10-16-12-7-3-2-6-11(12)15(17-10)19-14-9-5-4-8-13(14)18/h2-3,6-7,14H,4-5,8-9H2,1H3. The maximum Gasteiger partial charge on any atom is 0.146 e. The molecule has 0 amide bonds. The van der Waals surface area contributed by atoms with Gasteiger partial charge >= 0.3 is 0 Å². The molecule has 1 aliphatic carbocycles. The van der Waals surface area contributed by atoms with Crippen molar-refractivity contribution in [3.8, 4) is 0 Å². The number of para-hydroxylation sites is 1. The minimum absolute atomic E-state index is 0.0754. The summed E-state index contributed by atoms with van der Waals surface area (Å²) in [4.78, 5) is 20.9. The van der Waals surface area contributed by atoms with Crippen LogP contribution in [-0.2, 0) is 4.79 Å². The molecule has 1 atom stereocenters. The molecule has 1 aromatic heterocycles. The molecule has 1 heterocycles. The van der Waals surface area contributed by atoms with Gasteiger partial charge in [-0.1, -0.05) is 36.4 Å². The first-order valence-electron chi connectivity index (χ1n) is 6.67. The van der Waals surface area contributed by atoms with Crippen molar-refractivity contribution in [3.05, 3.63) is 30.1 Å². The Kier molecular flexibility index (Phi) is 3.51. The van der Waals surface area contributed by atoms with Gasteiger partial charge in [-0.15, -0.1) is 0 Å². The zero-order valence-electron chi connectivity index (χ0n) is 10.9. The third kappa shape index (κ3) is 2.63. The van der Waals surface area contributed by atoms with E-state index in [2.05, 4.69) is 9.97 Å². The van der Waals surface area contributed by atoms with Crippen LogP contribution in [0.25, 0.3) is 10.9 Å². The Balaban J connectivity index is 1.97. The Morgan fingerprint density at radius 2 is 2.05 bits per heavy atom. The lowest BCUT2D eigenvalue weighted by molar-refractivity contribution is -0.119. The van der Waals surface area contributed by atoms with Gasteiger partial charge in [0.25, 0.3) is 0 Å². The maximum atomic E-state index is 12.0. The van der Waals surface area contributed by atoms with Gasteiger partial charge in [0.15, 0.2) is 0 Å². The summed E-state index contributed by atoms with van der Waals surface area (Å²) >= 11 is 1.62. The van der Waals surface area contributed by atoms with Crippen LogP contribution in [0, 0.1) is 6.92 Å². The van der Waals surface area contributed by atoms with Gasteiger partial charge in [-0.25, -0.2) is 9.97 Å². The van der Waals surface area contributed by atoms with Crippen molar-refractivity contribution in [3.63, 3.8) is 0 Å². The predicted molar refractivity (Wildman–Crippen MR) is 77.4 cm³/mol. The molecule has 1 aromatic carbocycles. The van der Waals surface area contributed by atoms with Crippen molar-refractivity contribution < 1.29 is 4.79 Å². The van der Waals surface area contributed by atoms with Crippen LogP contribution in [-0.4, -0.2) is 21.0 Å². The van der Waals surface area contributed by atoms with Gasteiger partial charge in [0.05, 0.1) is 10.8 Å². The Labute approximate surface area is 116 Å². The first-order chi connectivity index (χ1) is 9.24. The molecule has 1 unspecified atom stereocenters. The average Bonchev–Trinajstić information content (AvgIpc) is 2.41. The number of hydrogen-bond acceptors (Lipinski definition) is 4. The lowest BCUT2D eigenvalue weighted by atomic mass is 9.99. The first kappa shape index (κ1) is 12.6. The van der Waals surface area contributed by atoms with Crippen LogP contribution < -0.4 is 0 Å². The van der Waals surface area contributed by atoms with Crippen molar-refractivity contribution in [2.24, 2.45) is 0 Å². The number of carbonyl (C=O) groups is 1. The van der Waals surface area contributed by atoms with Gasteiger partial charge in [-0.05, 0) is 25.8 Å². The number of fused-ring (bicyclic) bond motifs is 1. The Morgan fingerprint density at radius 1 is 1.21 bits per heavy atom. The van der Waals surface area contributed by atoms with Crippen LogP contribution in [0.15, 0.2) is 29.3 Å². The first-order valence-corrected chi connectivity index (χ1v) is 7.55. The largest absolute Gasteiger partial charge is 0.298 e. The molecule has 98 valence electrons. The number of ketones is 1. The van der Waals surface area contributed by atoms with Crippen molar-refractivity contribution >= 4 is 28.4 Å². The highest BCUT2D eigenvalue weighted by molar-refractivity contribution is 8.00. The topological polar surface area (TPSA) is 42.9 Å².